The van der Waals surface area contributed by atoms with E-state index in [0.717, 1.165) is 30.2 Å². The first-order valence-electron chi connectivity index (χ1n) is 11.2. The Morgan fingerprint density at radius 2 is 1.79 bits per heavy atom. The summed E-state index contributed by atoms with van der Waals surface area (Å²) in [5.74, 6) is 0.628. The lowest BCUT2D eigenvalue weighted by Crippen LogP contribution is -2.34. The van der Waals surface area contributed by atoms with Crippen LogP contribution < -0.4 is 20.7 Å². The first-order valence-corrected chi connectivity index (χ1v) is 12.4. The Morgan fingerprint density at radius 3 is 2.48 bits per heavy atom. The van der Waals surface area contributed by atoms with Crippen molar-refractivity contribution in [2.75, 3.05) is 17.2 Å². The zero-order valence-electron chi connectivity index (χ0n) is 19.4. The van der Waals surface area contributed by atoms with Crippen molar-refractivity contribution >= 4 is 56.4 Å². The van der Waals surface area contributed by atoms with Crippen LogP contribution in [0.2, 0.25) is 0 Å². The van der Waals surface area contributed by atoms with E-state index >= 15 is 0 Å². The number of halogens is 1. The van der Waals surface area contributed by atoms with Gasteiger partial charge in [0.2, 0.25) is 5.91 Å². The van der Waals surface area contributed by atoms with Gasteiger partial charge in [-0.15, -0.1) is 0 Å². The zero-order valence-corrected chi connectivity index (χ0v) is 21.8. The SMILES string of the molecule is CCCCCC(=O)Nc1cccc(NC(=S)NC(=O)c2cc(Br)ccc2OCCC(C)C)c1. The van der Waals surface area contributed by atoms with E-state index in [9.17, 15) is 9.59 Å². The van der Waals surface area contributed by atoms with Gasteiger partial charge in [-0.05, 0) is 67.4 Å². The molecule has 2 amide bonds. The first-order chi connectivity index (χ1) is 15.8. The third-order valence-corrected chi connectivity index (χ3v) is 5.48. The van der Waals surface area contributed by atoms with Crippen LogP contribution in [0.25, 0.3) is 0 Å². The molecule has 178 valence electrons. The van der Waals surface area contributed by atoms with Crippen LogP contribution in [-0.4, -0.2) is 23.5 Å². The molecular formula is C25H32BrN3O3S. The molecule has 0 fully saturated rings. The van der Waals surface area contributed by atoms with Crippen LogP contribution in [0.5, 0.6) is 5.75 Å². The lowest BCUT2D eigenvalue weighted by molar-refractivity contribution is -0.116. The smallest absolute Gasteiger partial charge is 0.261 e. The second-order valence-electron chi connectivity index (χ2n) is 8.17. The standard InChI is InChI=1S/C25H32BrN3O3S/c1-4-5-6-10-23(30)27-19-8-7-9-20(16-19)28-25(33)29-24(31)21-15-18(26)11-12-22(21)32-14-13-17(2)3/h7-9,11-12,15-17H,4-6,10,13-14H2,1-3H3,(H,27,30)(H2,28,29,31,33). The largest absolute Gasteiger partial charge is 0.493 e. The van der Waals surface area contributed by atoms with Crippen molar-refractivity contribution in [2.24, 2.45) is 5.92 Å². The highest BCUT2D eigenvalue weighted by molar-refractivity contribution is 9.10. The van der Waals surface area contributed by atoms with E-state index in [0.29, 0.717) is 41.6 Å². The van der Waals surface area contributed by atoms with Gasteiger partial charge in [-0.1, -0.05) is 55.6 Å². The number of ether oxygens (including phenoxy) is 1. The summed E-state index contributed by atoms with van der Waals surface area (Å²) in [4.78, 5) is 24.9. The Balaban J connectivity index is 1.97. The fourth-order valence-corrected chi connectivity index (χ4v) is 3.55. The van der Waals surface area contributed by atoms with Crippen LogP contribution in [0.4, 0.5) is 11.4 Å². The van der Waals surface area contributed by atoms with Crippen molar-refractivity contribution in [2.45, 2.75) is 52.9 Å². The van der Waals surface area contributed by atoms with Crippen molar-refractivity contribution in [3.63, 3.8) is 0 Å². The first kappa shape index (κ1) is 26.8. The minimum atomic E-state index is -0.367. The average Bonchev–Trinajstić information content (AvgIpc) is 2.74. The molecule has 33 heavy (non-hydrogen) atoms. The van der Waals surface area contributed by atoms with E-state index in [1.54, 1.807) is 18.2 Å². The molecule has 2 aromatic carbocycles. The van der Waals surface area contributed by atoms with Crippen LogP contribution >= 0.6 is 28.1 Å². The monoisotopic (exact) mass is 533 g/mol. The average molecular weight is 535 g/mol. The summed E-state index contributed by atoms with van der Waals surface area (Å²) in [6.07, 6.45) is 4.36. The number of unbranched alkanes of at least 4 members (excludes halogenated alkanes) is 2. The summed E-state index contributed by atoms with van der Waals surface area (Å²) in [6.45, 7) is 6.87. The number of anilines is 2. The molecule has 0 saturated heterocycles. The number of carbonyl (C=O) groups excluding carboxylic acids is 2. The van der Waals surface area contributed by atoms with Crippen LogP contribution in [0.1, 0.15) is 63.2 Å². The lowest BCUT2D eigenvalue weighted by atomic mass is 10.1. The van der Waals surface area contributed by atoms with E-state index in [1.165, 1.54) is 0 Å². The quantitative estimate of drug-likeness (QED) is 0.226. The Labute approximate surface area is 210 Å². The molecule has 0 aliphatic carbocycles. The molecule has 2 rings (SSSR count). The number of hydrogen-bond acceptors (Lipinski definition) is 4. The van der Waals surface area contributed by atoms with Crippen molar-refractivity contribution in [1.82, 2.24) is 5.32 Å². The van der Waals surface area contributed by atoms with Gasteiger partial charge in [0.05, 0.1) is 12.2 Å². The topological polar surface area (TPSA) is 79.5 Å². The van der Waals surface area contributed by atoms with Gasteiger partial charge in [0.1, 0.15) is 5.75 Å². The summed E-state index contributed by atoms with van der Waals surface area (Å²) < 4.78 is 6.59. The van der Waals surface area contributed by atoms with Crippen LogP contribution in [-0.2, 0) is 4.79 Å². The van der Waals surface area contributed by atoms with Gasteiger partial charge >= 0.3 is 0 Å². The molecule has 0 unspecified atom stereocenters. The summed E-state index contributed by atoms with van der Waals surface area (Å²) >= 11 is 8.73. The normalized spacial score (nSPS) is 10.6. The highest BCUT2D eigenvalue weighted by Gasteiger charge is 2.15. The third-order valence-electron chi connectivity index (χ3n) is 4.78. The van der Waals surface area contributed by atoms with E-state index in [-0.39, 0.29) is 16.9 Å². The molecule has 8 heteroatoms. The number of benzene rings is 2. The van der Waals surface area contributed by atoms with Crippen molar-refractivity contribution < 1.29 is 14.3 Å². The van der Waals surface area contributed by atoms with Gasteiger partial charge in [-0.25, -0.2) is 0 Å². The Kier molecular flexibility index (Phi) is 11.3. The summed E-state index contributed by atoms with van der Waals surface area (Å²) in [5.41, 5.74) is 1.73. The minimum absolute atomic E-state index is 0.0175. The molecule has 0 aromatic heterocycles. The number of thiocarbonyl (C=S) groups is 1. The predicted molar refractivity (Wildman–Crippen MR) is 142 cm³/mol. The predicted octanol–water partition coefficient (Wildman–Crippen LogP) is 6.52. The highest BCUT2D eigenvalue weighted by Crippen LogP contribution is 2.24. The Hall–Kier alpha value is -2.45. The van der Waals surface area contributed by atoms with Gasteiger partial charge in [0, 0.05) is 22.3 Å². The fourth-order valence-electron chi connectivity index (χ4n) is 2.98. The molecule has 0 radical (unpaired) electrons. The second-order valence-corrected chi connectivity index (χ2v) is 9.49. The fraction of sp³-hybridized carbons (Fsp3) is 0.400. The molecule has 0 heterocycles. The maximum absolute atomic E-state index is 12.9. The number of rotatable bonds is 11. The molecule has 3 N–H and O–H groups in total. The van der Waals surface area contributed by atoms with Crippen LogP contribution in [0.15, 0.2) is 46.9 Å². The van der Waals surface area contributed by atoms with E-state index in [4.69, 9.17) is 17.0 Å². The molecule has 0 spiro atoms. The molecule has 0 atom stereocenters. The summed E-state index contributed by atoms with van der Waals surface area (Å²) in [5, 5.41) is 8.74. The Bertz CT molecular complexity index is 966. The number of amides is 2. The van der Waals surface area contributed by atoms with Crippen molar-refractivity contribution in [3.05, 3.63) is 52.5 Å². The van der Waals surface area contributed by atoms with Crippen LogP contribution in [0.3, 0.4) is 0 Å². The maximum atomic E-state index is 12.9. The van der Waals surface area contributed by atoms with E-state index in [2.05, 4.69) is 52.7 Å². The summed E-state index contributed by atoms with van der Waals surface area (Å²) in [6, 6.07) is 12.5. The molecule has 2 aromatic rings. The number of nitrogens with one attached hydrogen (secondary N) is 3. The van der Waals surface area contributed by atoms with E-state index < -0.39 is 0 Å². The molecule has 0 saturated carbocycles. The van der Waals surface area contributed by atoms with Gasteiger partial charge in [0.15, 0.2) is 5.11 Å². The molecular weight excluding hydrogens is 502 g/mol. The van der Waals surface area contributed by atoms with Gasteiger partial charge in [0.25, 0.3) is 5.91 Å². The third kappa shape index (κ3) is 9.92. The highest BCUT2D eigenvalue weighted by atomic mass is 79.9. The van der Waals surface area contributed by atoms with Gasteiger partial charge < -0.3 is 15.4 Å². The summed E-state index contributed by atoms with van der Waals surface area (Å²) in [7, 11) is 0. The minimum Gasteiger partial charge on any atom is -0.493 e. The lowest BCUT2D eigenvalue weighted by Gasteiger charge is -2.14. The molecule has 0 aliphatic heterocycles. The molecule has 6 nitrogen and oxygen atoms in total. The Morgan fingerprint density at radius 1 is 1.06 bits per heavy atom. The van der Waals surface area contributed by atoms with E-state index in [1.807, 2.05) is 24.3 Å². The zero-order chi connectivity index (χ0) is 24.2. The van der Waals surface area contributed by atoms with Gasteiger partial charge in [-0.2, -0.15) is 0 Å². The second kappa shape index (κ2) is 14.0. The van der Waals surface area contributed by atoms with Crippen molar-refractivity contribution in [1.29, 1.82) is 0 Å². The molecule has 0 aliphatic rings. The molecule has 0 bridgehead atoms. The van der Waals surface area contributed by atoms with Gasteiger partial charge in [-0.3, -0.25) is 14.9 Å². The number of carbonyl (C=O) groups is 2. The number of hydrogen-bond donors (Lipinski definition) is 3. The van der Waals surface area contributed by atoms with Crippen molar-refractivity contribution in [3.8, 4) is 5.75 Å². The maximum Gasteiger partial charge on any atom is 0.261 e. The van der Waals surface area contributed by atoms with Crippen LogP contribution in [0, 0.1) is 5.92 Å².